The summed E-state index contributed by atoms with van der Waals surface area (Å²) in [6, 6.07) is 7.60. The topological polar surface area (TPSA) is 111 Å². The smallest absolute Gasteiger partial charge is 0.309 e. The second-order valence-electron chi connectivity index (χ2n) is 6.81. The molecule has 0 unspecified atom stereocenters. The zero-order valence-corrected chi connectivity index (χ0v) is 21.0. The van der Waals surface area contributed by atoms with Crippen LogP contribution in [0.1, 0.15) is 10.4 Å². The van der Waals surface area contributed by atoms with Crippen molar-refractivity contribution in [3.05, 3.63) is 54.0 Å². The van der Waals surface area contributed by atoms with Gasteiger partial charge in [-0.15, -0.1) is 4.37 Å². The van der Waals surface area contributed by atoms with Gasteiger partial charge in [0.2, 0.25) is 5.82 Å². The second-order valence-corrected chi connectivity index (χ2v) is 9.61. The summed E-state index contributed by atoms with van der Waals surface area (Å²) in [4.78, 5) is 26.7. The van der Waals surface area contributed by atoms with Gasteiger partial charge in [-0.2, -0.15) is 9.47 Å². The number of nitrogens with zero attached hydrogens (tertiary/aromatic N) is 5. The van der Waals surface area contributed by atoms with Crippen LogP contribution < -0.4 is 19.9 Å². The molecule has 1 saturated heterocycles. The molecule has 0 radical (unpaired) electrons. The van der Waals surface area contributed by atoms with Gasteiger partial charge < -0.3 is 14.4 Å². The number of nitrogens with one attached hydrogen (secondary N) is 1. The van der Waals surface area contributed by atoms with Crippen LogP contribution in [0.2, 0.25) is 5.15 Å². The minimum atomic E-state index is -0.482. The summed E-state index contributed by atoms with van der Waals surface area (Å²) in [5, 5.41) is 4.15. The molecule has 1 N–H and O–H groups in total. The number of anilines is 1. The maximum absolute atomic E-state index is 12.3. The van der Waals surface area contributed by atoms with E-state index in [-0.39, 0.29) is 16.6 Å². The Bertz CT molecular complexity index is 1190. The number of hydrogen-bond donors (Lipinski definition) is 1. The largest absolute Gasteiger partial charge is 0.464 e. The Morgan fingerprint density at radius 1 is 1.30 bits per heavy atom. The highest BCUT2D eigenvalue weighted by Crippen LogP contribution is 2.26. The zero-order chi connectivity index (χ0) is 23.2. The molecule has 1 aromatic carbocycles. The van der Waals surface area contributed by atoms with E-state index < -0.39 is 5.91 Å². The average Bonchev–Trinajstić information content (AvgIpc) is 3.40. The van der Waals surface area contributed by atoms with E-state index in [2.05, 4.69) is 35.2 Å². The van der Waals surface area contributed by atoms with Crippen molar-refractivity contribution < 1.29 is 14.3 Å². The number of ether oxygens (including phenoxy) is 2. The molecule has 0 atom stereocenters. The van der Waals surface area contributed by atoms with Gasteiger partial charge in [0.15, 0.2) is 6.61 Å². The number of benzene rings is 1. The molecule has 3 heterocycles. The van der Waals surface area contributed by atoms with Gasteiger partial charge in [-0.1, -0.05) is 51.0 Å². The second kappa shape index (κ2) is 11.2. The van der Waals surface area contributed by atoms with Crippen LogP contribution in [0.15, 0.2) is 38.6 Å². The van der Waals surface area contributed by atoms with Gasteiger partial charge in [0.25, 0.3) is 11.8 Å². The molecule has 14 heteroatoms. The van der Waals surface area contributed by atoms with E-state index in [1.807, 2.05) is 29.2 Å². The first-order valence-electron chi connectivity index (χ1n) is 9.75. The molecule has 2 aromatic heterocycles. The first-order valence-corrected chi connectivity index (χ1v) is 12.5. The van der Waals surface area contributed by atoms with Gasteiger partial charge >= 0.3 is 4.87 Å². The van der Waals surface area contributed by atoms with Crippen LogP contribution in [0.25, 0.3) is 0 Å². The average molecular weight is 574 g/mol. The van der Waals surface area contributed by atoms with Gasteiger partial charge in [-0.25, -0.2) is 5.43 Å². The van der Waals surface area contributed by atoms with Crippen molar-refractivity contribution in [3.63, 3.8) is 0 Å². The van der Waals surface area contributed by atoms with Crippen molar-refractivity contribution in [2.24, 2.45) is 5.10 Å². The molecule has 33 heavy (non-hydrogen) atoms. The Labute approximate surface area is 210 Å². The summed E-state index contributed by atoms with van der Waals surface area (Å²) in [5.74, 6) is 0.417. The molecule has 1 fully saturated rings. The van der Waals surface area contributed by atoms with E-state index in [1.54, 1.807) is 0 Å². The maximum Gasteiger partial charge on any atom is 0.309 e. The Balaban J connectivity index is 1.31. The number of halogens is 2. The SMILES string of the molecule is O=C(COc1nsnc1N1CCOCC1)NN=Cc1sc(=O)n(Cc2ccc(Br)cc2)c1Cl. The van der Waals surface area contributed by atoms with Crippen molar-refractivity contribution in [3.8, 4) is 5.88 Å². The number of rotatable bonds is 8. The minimum absolute atomic E-state index is 0.217. The fourth-order valence-electron chi connectivity index (χ4n) is 2.95. The number of morpholine rings is 1. The Morgan fingerprint density at radius 3 is 2.82 bits per heavy atom. The summed E-state index contributed by atoms with van der Waals surface area (Å²) in [5.41, 5.74) is 3.30. The molecule has 3 aromatic rings. The third kappa shape index (κ3) is 6.18. The van der Waals surface area contributed by atoms with Crippen LogP contribution in [-0.4, -0.2) is 58.3 Å². The van der Waals surface area contributed by atoms with Crippen LogP contribution in [-0.2, 0) is 16.1 Å². The van der Waals surface area contributed by atoms with Crippen LogP contribution in [0.5, 0.6) is 5.88 Å². The molecular weight excluding hydrogens is 556 g/mol. The zero-order valence-electron chi connectivity index (χ0n) is 17.1. The molecule has 10 nitrogen and oxygen atoms in total. The van der Waals surface area contributed by atoms with Gasteiger partial charge in [0, 0.05) is 17.6 Å². The molecule has 0 spiro atoms. The highest BCUT2D eigenvalue weighted by Gasteiger charge is 2.20. The third-order valence-electron chi connectivity index (χ3n) is 4.58. The number of hydrazone groups is 1. The molecule has 174 valence electrons. The van der Waals surface area contributed by atoms with E-state index in [0.29, 0.717) is 49.4 Å². The van der Waals surface area contributed by atoms with Crippen LogP contribution in [0, 0.1) is 0 Å². The van der Waals surface area contributed by atoms with Gasteiger partial charge in [-0.3, -0.25) is 14.2 Å². The number of amides is 1. The quantitative estimate of drug-likeness (QED) is 0.326. The molecule has 0 aliphatic carbocycles. The lowest BCUT2D eigenvalue weighted by atomic mass is 10.2. The van der Waals surface area contributed by atoms with Crippen molar-refractivity contribution in [1.29, 1.82) is 0 Å². The van der Waals surface area contributed by atoms with Crippen LogP contribution in [0.3, 0.4) is 0 Å². The summed E-state index contributed by atoms with van der Waals surface area (Å²) in [6.07, 6.45) is 1.34. The molecule has 0 bridgehead atoms. The van der Waals surface area contributed by atoms with E-state index in [1.165, 1.54) is 10.8 Å². The minimum Gasteiger partial charge on any atom is -0.464 e. The first-order chi connectivity index (χ1) is 16.0. The molecular formula is C19H18BrClN6O4S2. The number of aromatic nitrogens is 3. The van der Waals surface area contributed by atoms with Crippen molar-refractivity contribution in [2.75, 3.05) is 37.8 Å². The number of thiazole rings is 1. The summed E-state index contributed by atoms with van der Waals surface area (Å²) in [7, 11) is 0. The monoisotopic (exact) mass is 572 g/mol. The van der Waals surface area contributed by atoms with E-state index in [9.17, 15) is 9.59 Å². The van der Waals surface area contributed by atoms with E-state index in [4.69, 9.17) is 21.1 Å². The summed E-state index contributed by atoms with van der Waals surface area (Å²) >= 11 is 11.7. The lowest BCUT2D eigenvalue weighted by molar-refractivity contribution is -0.123. The Kier molecular flexibility index (Phi) is 8.09. The maximum atomic E-state index is 12.3. The number of carbonyl (C=O) groups is 1. The van der Waals surface area contributed by atoms with Crippen molar-refractivity contribution >= 4 is 68.5 Å². The lowest BCUT2D eigenvalue weighted by Crippen LogP contribution is -2.36. The van der Waals surface area contributed by atoms with Gasteiger partial charge in [0.1, 0.15) is 5.15 Å². The fraction of sp³-hybridized carbons (Fsp3) is 0.316. The van der Waals surface area contributed by atoms with Crippen LogP contribution >= 0.6 is 50.6 Å². The number of hydrogen-bond acceptors (Lipinski definition) is 10. The predicted octanol–water partition coefficient (Wildman–Crippen LogP) is 2.59. The van der Waals surface area contributed by atoms with E-state index >= 15 is 0 Å². The van der Waals surface area contributed by atoms with Crippen molar-refractivity contribution in [1.82, 2.24) is 18.7 Å². The summed E-state index contributed by atoms with van der Waals surface area (Å²) < 4.78 is 21.6. The molecule has 1 aliphatic rings. The van der Waals surface area contributed by atoms with Gasteiger partial charge in [-0.05, 0) is 17.7 Å². The summed E-state index contributed by atoms with van der Waals surface area (Å²) in [6.45, 7) is 2.63. The first kappa shape index (κ1) is 23.8. The van der Waals surface area contributed by atoms with Crippen LogP contribution in [0.4, 0.5) is 5.82 Å². The predicted molar refractivity (Wildman–Crippen MR) is 131 cm³/mol. The fourth-order valence-corrected chi connectivity index (χ4v) is 4.84. The Morgan fingerprint density at radius 2 is 2.06 bits per heavy atom. The normalized spacial score (nSPS) is 14.1. The lowest BCUT2D eigenvalue weighted by Gasteiger charge is -2.26. The number of carbonyl (C=O) groups excluding carboxylic acids is 1. The van der Waals surface area contributed by atoms with E-state index in [0.717, 1.165) is 33.1 Å². The molecule has 1 amide bonds. The molecule has 0 saturated carbocycles. The standard InChI is InChI=1S/C19H18BrClN6O4S2/c20-13-3-1-12(2-4-13)10-27-16(21)14(32-19(27)29)9-22-23-15(28)11-31-18-17(24-33-25-18)26-5-7-30-8-6-26/h1-4,9H,5-8,10-11H2,(H,23,28). The third-order valence-corrected chi connectivity index (χ3v) is 7.04. The van der Waals surface area contributed by atoms with Crippen molar-refractivity contribution in [2.45, 2.75) is 6.54 Å². The molecule has 4 rings (SSSR count). The molecule has 1 aliphatic heterocycles. The highest BCUT2D eigenvalue weighted by atomic mass is 79.9. The van der Waals surface area contributed by atoms with Gasteiger partial charge in [0.05, 0.1) is 42.6 Å². The highest BCUT2D eigenvalue weighted by molar-refractivity contribution is 9.10. The Hall–Kier alpha value is -2.32.